The summed E-state index contributed by atoms with van der Waals surface area (Å²) in [5.41, 5.74) is 1.88. The van der Waals surface area contributed by atoms with Crippen molar-refractivity contribution in [1.82, 2.24) is 0 Å². The zero-order valence-electron chi connectivity index (χ0n) is 9.86. The minimum absolute atomic E-state index is 0.0511. The van der Waals surface area contributed by atoms with Crippen molar-refractivity contribution >= 4 is 16.7 Å². The van der Waals surface area contributed by atoms with Crippen LogP contribution in [0.25, 0.3) is 10.8 Å². The summed E-state index contributed by atoms with van der Waals surface area (Å²) in [7, 11) is 1.62. The summed E-state index contributed by atoms with van der Waals surface area (Å²) in [4.78, 5) is 10.9. The lowest BCUT2D eigenvalue weighted by molar-refractivity contribution is -0.136. The van der Waals surface area contributed by atoms with E-state index in [-0.39, 0.29) is 6.42 Å². The van der Waals surface area contributed by atoms with Gasteiger partial charge in [-0.3, -0.25) is 4.79 Å². The third-order valence-electron chi connectivity index (χ3n) is 2.90. The van der Waals surface area contributed by atoms with Crippen molar-refractivity contribution in [2.75, 3.05) is 7.11 Å². The number of aliphatic carboxylic acids is 1. The van der Waals surface area contributed by atoms with Crippen LogP contribution in [-0.2, 0) is 11.2 Å². The number of benzene rings is 2. The molecule has 3 heteroatoms. The molecule has 0 aliphatic carbocycles. The van der Waals surface area contributed by atoms with Crippen molar-refractivity contribution in [1.29, 1.82) is 0 Å². The van der Waals surface area contributed by atoms with Gasteiger partial charge < -0.3 is 9.84 Å². The van der Waals surface area contributed by atoms with E-state index in [4.69, 9.17) is 9.84 Å². The quantitative estimate of drug-likeness (QED) is 0.881. The molecule has 0 aliphatic rings. The Labute approximate surface area is 99.6 Å². The fourth-order valence-electron chi connectivity index (χ4n) is 1.99. The van der Waals surface area contributed by atoms with Gasteiger partial charge in [0, 0.05) is 0 Å². The summed E-state index contributed by atoms with van der Waals surface area (Å²) in [5, 5.41) is 10.9. The molecular formula is C14H14O3. The molecule has 88 valence electrons. The van der Waals surface area contributed by atoms with E-state index in [9.17, 15) is 4.79 Å². The van der Waals surface area contributed by atoms with Crippen LogP contribution in [0, 0.1) is 6.92 Å². The van der Waals surface area contributed by atoms with E-state index < -0.39 is 5.97 Å². The monoisotopic (exact) mass is 230 g/mol. The number of hydrogen-bond donors (Lipinski definition) is 1. The lowest BCUT2D eigenvalue weighted by Crippen LogP contribution is -2.02. The number of aryl methyl sites for hydroxylation is 1. The normalized spacial score (nSPS) is 10.5. The predicted octanol–water partition coefficient (Wildman–Crippen LogP) is 2.78. The lowest BCUT2D eigenvalue weighted by Gasteiger charge is -2.09. The second-order valence-corrected chi connectivity index (χ2v) is 4.02. The molecule has 0 saturated carbocycles. The van der Waals surface area contributed by atoms with Gasteiger partial charge in [0.25, 0.3) is 0 Å². The van der Waals surface area contributed by atoms with Crippen molar-refractivity contribution in [3.63, 3.8) is 0 Å². The summed E-state index contributed by atoms with van der Waals surface area (Å²) < 4.78 is 5.16. The highest BCUT2D eigenvalue weighted by molar-refractivity contribution is 5.90. The second kappa shape index (κ2) is 4.45. The van der Waals surface area contributed by atoms with Crippen LogP contribution in [0.4, 0.5) is 0 Å². The third-order valence-corrected chi connectivity index (χ3v) is 2.90. The highest BCUT2D eigenvalue weighted by Crippen LogP contribution is 2.26. The molecule has 0 heterocycles. The van der Waals surface area contributed by atoms with Gasteiger partial charge in [0.2, 0.25) is 0 Å². The van der Waals surface area contributed by atoms with Crippen LogP contribution in [0.1, 0.15) is 11.1 Å². The third kappa shape index (κ3) is 2.23. The van der Waals surface area contributed by atoms with Crippen LogP contribution in [0.3, 0.4) is 0 Å². The van der Waals surface area contributed by atoms with Gasteiger partial charge in [-0.25, -0.2) is 0 Å². The molecule has 0 saturated heterocycles. The van der Waals surface area contributed by atoms with Crippen molar-refractivity contribution in [2.24, 2.45) is 0 Å². The Hall–Kier alpha value is -2.03. The summed E-state index contributed by atoms with van der Waals surface area (Å²) in [6, 6.07) is 9.62. The van der Waals surface area contributed by atoms with E-state index in [0.29, 0.717) is 0 Å². The van der Waals surface area contributed by atoms with Crippen molar-refractivity contribution in [3.8, 4) is 5.75 Å². The Morgan fingerprint density at radius 2 is 2.06 bits per heavy atom. The average molecular weight is 230 g/mol. The van der Waals surface area contributed by atoms with Gasteiger partial charge in [0.05, 0.1) is 13.5 Å². The first-order valence-electron chi connectivity index (χ1n) is 5.40. The van der Waals surface area contributed by atoms with Crippen LogP contribution < -0.4 is 4.74 Å². The number of carbonyl (C=O) groups is 1. The predicted molar refractivity (Wildman–Crippen MR) is 66.6 cm³/mol. The van der Waals surface area contributed by atoms with Gasteiger partial charge >= 0.3 is 5.97 Å². The molecule has 0 atom stereocenters. The molecular weight excluding hydrogens is 216 g/mol. The van der Waals surface area contributed by atoms with Crippen LogP contribution >= 0.6 is 0 Å². The largest absolute Gasteiger partial charge is 0.497 e. The Kier molecular flexibility index (Phi) is 3.00. The van der Waals surface area contributed by atoms with Crippen molar-refractivity contribution < 1.29 is 14.6 Å². The van der Waals surface area contributed by atoms with E-state index in [1.165, 1.54) is 0 Å². The first kappa shape index (κ1) is 11.5. The van der Waals surface area contributed by atoms with Gasteiger partial charge in [-0.2, -0.15) is 0 Å². The molecule has 2 rings (SSSR count). The summed E-state index contributed by atoms with van der Waals surface area (Å²) in [5.74, 6) is -0.0287. The summed E-state index contributed by atoms with van der Waals surface area (Å²) in [6.07, 6.45) is 0.0511. The second-order valence-electron chi connectivity index (χ2n) is 4.02. The lowest BCUT2D eigenvalue weighted by atomic mass is 9.97. The molecule has 0 bridgehead atoms. The van der Waals surface area contributed by atoms with Gasteiger partial charge in [0.15, 0.2) is 0 Å². The molecule has 0 unspecified atom stereocenters. The maximum atomic E-state index is 10.9. The molecule has 2 aromatic rings. The van der Waals surface area contributed by atoms with Crippen LogP contribution in [0.2, 0.25) is 0 Å². The van der Waals surface area contributed by atoms with E-state index in [2.05, 4.69) is 0 Å². The maximum absolute atomic E-state index is 10.9. The van der Waals surface area contributed by atoms with Gasteiger partial charge in [0.1, 0.15) is 5.75 Å². The Morgan fingerprint density at radius 3 is 2.71 bits per heavy atom. The molecule has 0 aliphatic heterocycles. The van der Waals surface area contributed by atoms with E-state index >= 15 is 0 Å². The van der Waals surface area contributed by atoms with E-state index in [1.54, 1.807) is 7.11 Å². The standard InChI is InChI=1S/C14H14O3/c1-9-3-4-10-7-11(17-2)5-6-12(10)13(9)8-14(15)16/h3-7H,8H2,1-2H3,(H,15,16). The minimum Gasteiger partial charge on any atom is -0.497 e. The molecule has 0 spiro atoms. The fourth-order valence-corrected chi connectivity index (χ4v) is 1.99. The molecule has 3 nitrogen and oxygen atoms in total. The molecule has 17 heavy (non-hydrogen) atoms. The average Bonchev–Trinajstić information content (AvgIpc) is 2.32. The number of hydrogen-bond acceptors (Lipinski definition) is 2. The van der Waals surface area contributed by atoms with Gasteiger partial charge in [-0.15, -0.1) is 0 Å². The highest BCUT2D eigenvalue weighted by Gasteiger charge is 2.09. The molecule has 1 N–H and O–H groups in total. The smallest absolute Gasteiger partial charge is 0.307 e. The molecule has 2 aromatic carbocycles. The van der Waals surface area contributed by atoms with E-state index in [1.807, 2.05) is 37.3 Å². The molecule has 0 aromatic heterocycles. The number of carboxylic acids is 1. The Morgan fingerprint density at radius 1 is 1.29 bits per heavy atom. The molecule has 0 amide bonds. The zero-order chi connectivity index (χ0) is 12.4. The van der Waals surface area contributed by atoms with Gasteiger partial charge in [-0.1, -0.05) is 18.2 Å². The highest BCUT2D eigenvalue weighted by atomic mass is 16.5. The summed E-state index contributed by atoms with van der Waals surface area (Å²) >= 11 is 0. The van der Waals surface area contributed by atoms with Crippen molar-refractivity contribution in [3.05, 3.63) is 41.5 Å². The number of ether oxygens (including phenoxy) is 1. The Balaban J connectivity index is 2.64. The van der Waals surface area contributed by atoms with E-state index in [0.717, 1.165) is 27.6 Å². The number of carboxylic acid groups (broad SMARTS) is 1. The van der Waals surface area contributed by atoms with Crippen LogP contribution in [-0.4, -0.2) is 18.2 Å². The minimum atomic E-state index is -0.809. The van der Waals surface area contributed by atoms with Crippen LogP contribution in [0.15, 0.2) is 30.3 Å². The number of rotatable bonds is 3. The fraction of sp³-hybridized carbons (Fsp3) is 0.214. The van der Waals surface area contributed by atoms with Crippen molar-refractivity contribution in [2.45, 2.75) is 13.3 Å². The topological polar surface area (TPSA) is 46.5 Å². The molecule has 0 radical (unpaired) electrons. The maximum Gasteiger partial charge on any atom is 0.307 e. The Bertz CT molecular complexity index is 573. The molecule has 0 fully saturated rings. The number of methoxy groups -OCH3 is 1. The zero-order valence-corrected chi connectivity index (χ0v) is 9.86. The van der Waals surface area contributed by atoms with Crippen LogP contribution in [0.5, 0.6) is 5.75 Å². The first-order valence-corrected chi connectivity index (χ1v) is 5.40. The van der Waals surface area contributed by atoms with Gasteiger partial charge in [-0.05, 0) is 41.0 Å². The first-order chi connectivity index (χ1) is 8.11. The number of fused-ring (bicyclic) bond motifs is 1. The summed E-state index contributed by atoms with van der Waals surface area (Å²) in [6.45, 7) is 1.93. The SMILES string of the molecule is COc1ccc2c(CC(=O)O)c(C)ccc2c1.